The predicted molar refractivity (Wildman–Crippen MR) is 99.6 cm³/mol. The highest BCUT2D eigenvalue weighted by molar-refractivity contribution is 5.91. The van der Waals surface area contributed by atoms with E-state index in [-0.39, 0.29) is 24.2 Å². The molecule has 0 aromatic carbocycles. The van der Waals surface area contributed by atoms with Crippen molar-refractivity contribution in [3.8, 4) is 0 Å². The molecule has 2 fully saturated rings. The highest BCUT2D eigenvalue weighted by Gasteiger charge is 2.27. The number of halogens is 1. The van der Waals surface area contributed by atoms with E-state index in [1.807, 2.05) is 19.1 Å². The first-order valence-electron chi connectivity index (χ1n) is 8.87. The molecule has 1 atom stereocenters. The van der Waals surface area contributed by atoms with E-state index >= 15 is 0 Å². The van der Waals surface area contributed by atoms with Crippen LogP contribution in [0, 0.1) is 18.8 Å². The molecule has 0 spiro atoms. The minimum Gasteiger partial charge on any atom is -0.317 e. The van der Waals surface area contributed by atoms with E-state index in [0.717, 1.165) is 57.0 Å². The van der Waals surface area contributed by atoms with Crippen molar-refractivity contribution < 1.29 is 4.79 Å². The molecule has 0 radical (unpaired) electrons. The number of aryl methyl sites for hydroxylation is 1. The minimum absolute atomic E-state index is 0. The molecule has 6 heteroatoms. The van der Waals surface area contributed by atoms with Crippen LogP contribution in [0.5, 0.6) is 0 Å². The van der Waals surface area contributed by atoms with Crippen LogP contribution in [0.2, 0.25) is 0 Å². The number of hydrogen-bond acceptors (Lipinski definition) is 4. The number of aromatic nitrogens is 1. The molecule has 0 aliphatic carbocycles. The third kappa shape index (κ3) is 5.43. The maximum absolute atomic E-state index is 12.5. The number of rotatable bonds is 4. The SMILES string of the molecule is Cc1ccc(NC(=O)C2CCCN(CC3CCNCC3)C2)nc1.Cl. The Morgan fingerprint density at radius 1 is 1.33 bits per heavy atom. The molecule has 1 amide bonds. The second-order valence-corrected chi connectivity index (χ2v) is 7.00. The summed E-state index contributed by atoms with van der Waals surface area (Å²) in [6, 6.07) is 3.86. The van der Waals surface area contributed by atoms with E-state index in [0.29, 0.717) is 5.82 Å². The maximum Gasteiger partial charge on any atom is 0.229 e. The van der Waals surface area contributed by atoms with Gasteiger partial charge in [0.05, 0.1) is 5.92 Å². The van der Waals surface area contributed by atoms with Gasteiger partial charge >= 0.3 is 0 Å². The van der Waals surface area contributed by atoms with Crippen molar-refractivity contribution in [1.82, 2.24) is 15.2 Å². The Labute approximate surface area is 151 Å². The fraction of sp³-hybridized carbons (Fsp3) is 0.667. The van der Waals surface area contributed by atoms with Crippen LogP contribution in [-0.4, -0.2) is 48.5 Å². The van der Waals surface area contributed by atoms with Gasteiger partial charge < -0.3 is 15.5 Å². The molecule has 0 saturated carbocycles. The number of pyridine rings is 1. The average molecular weight is 353 g/mol. The van der Waals surface area contributed by atoms with Crippen LogP contribution < -0.4 is 10.6 Å². The van der Waals surface area contributed by atoms with E-state index in [1.54, 1.807) is 6.20 Å². The van der Waals surface area contributed by atoms with Crippen LogP contribution in [-0.2, 0) is 4.79 Å². The molecule has 0 bridgehead atoms. The lowest BCUT2D eigenvalue weighted by Gasteiger charge is -2.35. The Kier molecular flexibility index (Phi) is 7.46. The largest absolute Gasteiger partial charge is 0.317 e. The van der Waals surface area contributed by atoms with Crippen LogP contribution >= 0.6 is 12.4 Å². The van der Waals surface area contributed by atoms with Crippen molar-refractivity contribution in [1.29, 1.82) is 0 Å². The van der Waals surface area contributed by atoms with Gasteiger partial charge in [0.25, 0.3) is 0 Å². The van der Waals surface area contributed by atoms with Crippen LogP contribution in [0.15, 0.2) is 18.3 Å². The molecule has 24 heavy (non-hydrogen) atoms. The first kappa shape index (κ1) is 19.2. The topological polar surface area (TPSA) is 57.3 Å². The number of piperidine rings is 2. The fourth-order valence-corrected chi connectivity index (χ4v) is 3.63. The third-order valence-corrected chi connectivity index (χ3v) is 5.01. The second kappa shape index (κ2) is 9.35. The van der Waals surface area contributed by atoms with Gasteiger partial charge in [0.15, 0.2) is 0 Å². The lowest BCUT2D eigenvalue weighted by molar-refractivity contribution is -0.121. The zero-order chi connectivity index (χ0) is 16.1. The number of nitrogens with zero attached hydrogens (tertiary/aromatic N) is 2. The number of anilines is 1. The van der Waals surface area contributed by atoms with Crippen LogP contribution in [0.1, 0.15) is 31.2 Å². The van der Waals surface area contributed by atoms with Crippen LogP contribution in [0.3, 0.4) is 0 Å². The summed E-state index contributed by atoms with van der Waals surface area (Å²) in [4.78, 5) is 19.3. The normalized spacial score (nSPS) is 22.6. The summed E-state index contributed by atoms with van der Waals surface area (Å²) in [5.74, 6) is 1.66. The molecule has 1 aromatic heterocycles. The molecule has 3 heterocycles. The van der Waals surface area contributed by atoms with Gasteiger partial charge in [0.2, 0.25) is 5.91 Å². The number of carbonyl (C=O) groups is 1. The van der Waals surface area contributed by atoms with Crippen molar-refractivity contribution in [2.45, 2.75) is 32.6 Å². The first-order valence-corrected chi connectivity index (χ1v) is 8.87. The van der Waals surface area contributed by atoms with E-state index in [2.05, 4.69) is 20.5 Å². The number of amides is 1. The summed E-state index contributed by atoms with van der Waals surface area (Å²) in [6.45, 7) is 7.45. The van der Waals surface area contributed by atoms with Gasteiger partial charge in [0, 0.05) is 19.3 Å². The summed E-state index contributed by atoms with van der Waals surface area (Å²) in [6.07, 6.45) is 6.42. The standard InChI is InChI=1S/C18H28N4O.ClH/c1-14-4-5-17(20-11-14)21-18(23)16-3-2-10-22(13-16)12-15-6-8-19-9-7-15;/h4-5,11,15-16,19H,2-3,6-10,12-13H2,1H3,(H,20,21,23);1H. The third-order valence-electron chi connectivity index (χ3n) is 5.01. The molecular formula is C18H29ClN4O. The Morgan fingerprint density at radius 3 is 2.83 bits per heavy atom. The van der Waals surface area contributed by atoms with Gasteiger partial charge in [-0.3, -0.25) is 4.79 Å². The maximum atomic E-state index is 12.5. The van der Waals surface area contributed by atoms with Crippen LogP contribution in [0.25, 0.3) is 0 Å². The monoisotopic (exact) mass is 352 g/mol. The van der Waals surface area contributed by atoms with Gasteiger partial charge in [-0.1, -0.05) is 6.07 Å². The summed E-state index contributed by atoms with van der Waals surface area (Å²) in [5.41, 5.74) is 1.11. The van der Waals surface area contributed by atoms with Gasteiger partial charge in [-0.05, 0) is 69.8 Å². The second-order valence-electron chi connectivity index (χ2n) is 7.00. The summed E-state index contributed by atoms with van der Waals surface area (Å²) >= 11 is 0. The van der Waals surface area contributed by atoms with Gasteiger partial charge in [-0.15, -0.1) is 12.4 Å². The Hall–Kier alpha value is -1.17. The predicted octanol–water partition coefficient (Wildman–Crippen LogP) is 2.46. The molecule has 2 aliphatic rings. The molecule has 134 valence electrons. The molecule has 2 N–H and O–H groups in total. The van der Waals surface area contributed by atoms with Gasteiger partial charge in [-0.25, -0.2) is 4.98 Å². The van der Waals surface area contributed by atoms with Gasteiger partial charge in [-0.2, -0.15) is 0 Å². The number of carbonyl (C=O) groups excluding carboxylic acids is 1. The van der Waals surface area contributed by atoms with Crippen molar-refractivity contribution in [2.75, 3.05) is 38.0 Å². The van der Waals surface area contributed by atoms with E-state index in [9.17, 15) is 4.79 Å². The molecule has 1 aromatic rings. The van der Waals surface area contributed by atoms with E-state index < -0.39 is 0 Å². The molecular weight excluding hydrogens is 324 g/mol. The van der Waals surface area contributed by atoms with E-state index in [1.165, 1.54) is 12.8 Å². The highest BCUT2D eigenvalue weighted by Crippen LogP contribution is 2.21. The highest BCUT2D eigenvalue weighted by atomic mass is 35.5. The van der Waals surface area contributed by atoms with Crippen molar-refractivity contribution in [2.24, 2.45) is 11.8 Å². The Balaban J connectivity index is 0.00000208. The van der Waals surface area contributed by atoms with Gasteiger partial charge in [0.1, 0.15) is 5.82 Å². The lowest BCUT2D eigenvalue weighted by Crippen LogP contribution is -2.44. The average Bonchev–Trinajstić information content (AvgIpc) is 2.58. The fourth-order valence-electron chi connectivity index (χ4n) is 3.63. The zero-order valence-corrected chi connectivity index (χ0v) is 15.3. The molecule has 3 rings (SSSR count). The minimum atomic E-state index is 0. The summed E-state index contributed by atoms with van der Waals surface area (Å²) in [5, 5.41) is 6.40. The van der Waals surface area contributed by atoms with E-state index in [4.69, 9.17) is 0 Å². The number of nitrogens with one attached hydrogen (secondary N) is 2. The Bertz CT molecular complexity index is 516. The van der Waals surface area contributed by atoms with Crippen molar-refractivity contribution in [3.05, 3.63) is 23.9 Å². The molecule has 5 nitrogen and oxygen atoms in total. The molecule has 2 aliphatic heterocycles. The van der Waals surface area contributed by atoms with Crippen molar-refractivity contribution in [3.63, 3.8) is 0 Å². The smallest absolute Gasteiger partial charge is 0.229 e. The zero-order valence-electron chi connectivity index (χ0n) is 14.5. The molecule has 2 saturated heterocycles. The summed E-state index contributed by atoms with van der Waals surface area (Å²) in [7, 11) is 0. The quantitative estimate of drug-likeness (QED) is 0.874. The van der Waals surface area contributed by atoms with Crippen LogP contribution in [0.4, 0.5) is 5.82 Å². The number of likely N-dealkylation sites (tertiary alicyclic amines) is 1. The first-order chi connectivity index (χ1) is 11.2. The Morgan fingerprint density at radius 2 is 2.12 bits per heavy atom. The number of hydrogen-bond donors (Lipinski definition) is 2. The molecule has 1 unspecified atom stereocenters. The lowest BCUT2D eigenvalue weighted by atomic mass is 9.93. The summed E-state index contributed by atoms with van der Waals surface area (Å²) < 4.78 is 0. The van der Waals surface area contributed by atoms with Crippen molar-refractivity contribution >= 4 is 24.1 Å².